The zero-order chi connectivity index (χ0) is 13.4. The molecule has 6 heteroatoms. The first-order valence-corrected chi connectivity index (χ1v) is 6.01. The molecular weight excluding hydrogens is 242 g/mol. The monoisotopic (exact) mass is 257 g/mol. The summed E-state index contributed by atoms with van der Waals surface area (Å²) in [5, 5.41) is 7.34. The lowest BCUT2D eigenvalue weighted by Gasteiger charge is -2.00. The summed E-state index contributed by atoms with van der Waals surface area (Å²) in [6.45, 7) is 2.65. The summed E-state index contributed by atoms with van der Waals surface area (Å²) in [5.41, 5.74) is 10.1. The maximum Gasteiger partial charge on any atom is 0.295 e. The van der Waals surface area contributed by atoms with Crippen molar-refractivity contribution in [3.63, 3.8) is 0 Å². The molecule has 0 saturated heterocycles. The highest BCUT2D eigenvalue weighted by atomic mass is 16.4. The van der Waals surface area contributed by atoms with Crippen molar-refractivity contribution in [2.24, 2.45) is 7.05 Å². The minimum atomic E-state index is 0.490. The zero-order valence-corrected chi connectivity index (χ0v) is 10.8. The Labute approximate surface area is 110 Å². The van der Waals surface area contributed by atoms with Crippen LogP contribution in [0, 0.1) is 6.92 Å². The Bertz CT molecular complexity index is 728. The summed E-state index contributed by atoms with van der Waals surface area (Å²) in [5.74, 6) is 0. The van der Waals surface area contributed by atoms with E-state index < -0.39 is 0 Å². The average Bonchev–Trinajstić information content (AvgIpc) is 2.92. The number of hydrogen-bond acceptors (Lipinski definition) is 5. The van der Waals surface area contributed by atoms with Crippen LogP contribution < -0.4 is 11.1 Å². The van der Waals surface area contributed by atoms with E-state index in [0.717, 1.165) is 16.8 Å². The van der Waals surface area contributed by atoms with Crippen molar-refractivity contribution in [1.82, 2.24) is 14.8 Å². The Balaban J connectivity index is 1.80. The summed E-state index contributed by atoms with van der Waals surface area (Å²) in [7, 11) is 1.92. The molecule has 1 aromatic carbocycles. The SMILES string of the molecule is Cc1c(CNc2nc3ccc(N)cc3o2)cnn1C. The molecule has 0 amide bonds. The quantitative estimate of drug-likeness (QED) is 0.702. The summed E-state index contributed by atoms with van der Waals surface area (Å²) in [6.07, 6.45) is 1.84. The molecule has 6 nitrogen and oxygen atoms in total. The van der Waals surface area contributed by atoms with Crippen LogP contribution in [0.25, 0.3) is 11.1 Å². The lowest BCUT2D eigenvalue weighted by atomic mass is 10.2. The van der Waals surface area contributed by atoms with Crippen molar-refractivity contribution in [3.8, 4) is 0 Å². The van der Waals surface area contributed by atoms with Gasteiger partial charge in [-0.15, -0.1) is 0 Å². The number of nitrogen functional groups attached to an aromatic ring is 1. The first-order chi connectivity index (χ1) is 9.13. The fraction of sp³-hybridized carbons (Fsp3) is 0.231. The van der Waals surface area contributed by atoms with Gasteiger partial charge in [0.2, 0.25) is 0 Å². The van der Waals surface area contributed by atoms with Gasteiger partial charge in [0.25, 0.3) is 6.01 Å². The summed E-state index contributed by atoms with van der Waals surface area (Å²) in [4.78, 5) is 4.34. The highest BCUT2D eigenvalue weighted by Gasteiger charge is 2.08. The molecular formula is C13H15N5O. The topological polar surface area (TPSA) is 81.9 Å². The Kier molecular flexibility index (Phi) is 2.63. The Morgan fingerprint density at radius 3 is 3.00 bits per heavy atom. The highest BCUT2D eigenvalue weighted by Crippen LogP contribution is 2.21. The average molecular weight is 257 g/mol. The maximum atomic E-state index is 5.70. The number of fused-ring (bicyclic) bond motifs is 1. The van der Waals surface area contributed by atoms with Crippen molar-refractivity contribution in [2.75, 3.05) is 11.1 Å². The molecule has 0 saturated carbocycles. The molecule has 0 unspecified atom stereocenters. The normalized spacial score (nSPS) is 11.1. The van der Waals surface area contributed by atoms with E-state index in [4.69, 9.17) is 10.2 Å². The van der Waals surface area contributed by atoms with Gasteiger partial charge in [-0.2, -0.15) is 10.1 Å². The lowest BCUT2D eigenvalue weighted by Crippen LogP contribution is -2.01. The third kappa shape index (κ3) is 2.12. The van der Waals surface area contributed by atoms with Crippen LogP contribution in [-0.2, 0) is 13.6 Å². The molecule has 19 heavy (non-hydrogen) atoms. The molecule has 0 radical (unpaired) electrons. The second-order valence-electron chi connectivity index (χ2n) is 4.48. The van der Waals surface area contributed by atoms with E-state index in [1.165, 1.54) is 0 Å². The fourth-order valence-electron chi connectivity index (χ4n) is 1.91. The van der Waals surface area contributed by atoms with Crippen LogP contribution in [0.2, 0.25) is 0 Å². The van der Waals surface area contributed by atoms with Gasteiger partial charge in [-0.1, -0.05) is 0 Å². The molecule has 98 valence electrons. The second kappa shape index (κ2) is 4.31. The van der Waals surface area contributed by atoms with E-state index in [9.17, 15) is 0 Å². The predicted molar refractivity (Wildman–Crippen MR) is 73.7 cm³/mol. The number of anilines is 2. The van der Waals surface area contributed by atoms with Gasteiger partial charge < -0.3 is 15.5 Å². The van der Waals surface area contributed by atoms with Gasteiger partial charge in [-0.25, -0.2) is 0 Å². The van der Waals surface area contributed by atoms with Crippen molar-refractivity contribution >= 4 is 22.8 Å². The van der Waals surface area contributed by atoms with Crippen LogP contribution >= 0.6 is 0 Å². The molecule has 0 spiro atoms. The summed E-state index contributed by atoms with van der Waals surface area (Å²) in [6, 6.07) is 5.90. The third-order valence-electron chi connectivity index (χ3n) is 3.18. The molecule has 0 aliphatic heterocycles. The number of rotatable bonds is 3. The summed E-state index contributed by atoms with van der Waals surface area (Å²) >= 11 is 0. The fourth-order valence-corrected chi connectivity index (χ4v) is 1.91. The molecule has 0 atom stereocenters. The van der Waals surface area contributed by atoms with Gasteiger partial charge in [0, 0.05) is 36.6 Å². The van der Waals surface area contributed by atoms with Gasteiger partial charge >= 0.3 is 0 Å². The Hall–Kier alpha value is -2.50. The van der Waals surface area contributed by atoms with Gasteiger partial charge in [-0.3, -0.25) is 4.68 Å². The van der Waals surface area contributed by atoms with E-state index >= 15 is 0 Å². The standard InChI is InChI=1S/C13H15N5O/c1-8-9(7-16-18(8)2)6-15-13-17-11-4-3-10(14)5-12(11)19-13/h3-5,7H,6,14H2,1-2H3,(H,15,17). The van der Waals surface area contributed by atoms with Crippen molar-refractivity contribution in [2.45, 2.75) is 13.5 Å². The van der Waals surface area contributed by atoms with Crippen molar-refractivity contribution in [1.29, 1.82) is 0 Å². The number of nitrogens with one attached hydrogen (secondary N) is 1. The highest BCUT2D eigenvalue weighted by molar-refractivity contribution is 5.78. The van der Waals surface area contributed by atoms with Crippen LogP contribution in [0.5, 0.6) is 0 Å². The van der Waals surface area contributed by atoms with E-state index in [2.05, 4.69) is 15.4 Å². The van der Waals surface area contributed by atoms with Crippen LogP contribution in [0.4, 0.5) is 11.7 Å². The number of aryl methyl sites for hydroxylation is 1. The van der Waals surface area contributed by atoms with Crippen molar-refractivity contribution in [3.05, 3.63) is 35.7 Å². The summed E-state index contributed by atoms with van der Waals surface area (Å²) < 4.78 is 7.42. The first kappa shape index (κ1) is 11.6. The molecule has 0 fully saturated rings. The number of aromatic nitrogens is 3. The number of oxazole rings is 1. The maximum absolute atomic E-state index is 5.70. The zero-order valence-electron chi connectivity index (χ0n) is 10.8. The van der Waals surface area contributed by atoms with Gasteiger partial charge in [-0.05, 0) is 19.1 Å². The van der Waals surface area contributed by atoms with E-state index in [1.54, 1.807) is 12.1 Å². The predicted octanol–water partition coefficient (Wildman–Crippen LogP) is 2.06. The molecule has 0 aliphatic rings. The van der Waals surface area contributed by atoms with Crippen LogP contribution in [0.1, 0.15) is 11.3 Å². The van der Waals surface area contributed by atoms with E-state index in [-0.39, 0.29) is 0 Å². The Morgan fingerprint density at radius 2 is 2.26 bits per heavy atom. The lowest BCUT2D eigenvalue weighted by molar-refractivity contribution is 0.614. The first-order valence-electron chi connectivity index (χ1n) is 6.01. The molecule has 3 N–H and O–H groups in total. The van der Waals surface area contributed by atoms with Gasteiger partial charge in [0.05, 0.1) is 6.20 Å². The molecule has 0 bridgehead atoms. The largest absolute Gasteiger partial charge is 0.423 e. The van der Waals surface area contributed by atoms with Crippen LogP contribution in [-0.4, -0.2) is 14.8 Å². The molecule has 3 rings (SSSR count). The smallest absolute Gasteiger partial charge is 0.295 e. The van der Waals surface area contributed by atoms with Crippen LogP contribution in [0.15, 0.2) is 28.8 Å². The second-order valence-corrected chi connectivity index (χ2v) is 4.48. The Morgan fingerprint density at radius 1 is 1.42 bits per heavy atom. The van der Waals surface area contributed by atoms with E-state index in [0.29, 0.717) is 23.8 Å². The molecule has 3 aromatic rings. The molecule has 2 heterocycles. The minimum Gasteiger partial charge on any atom is -0.423 e. The van der Waals surface area contributed by atoms with Crippen molar-refractivity contribution < 1.29 is 4.42 Å². The number of nitrogens with zero attached hydrogens (tertiary/aromatic N) is 3. The van der Waals surface area contributed by atoms with Crippen LogP contribution in [0.3, 0.4) is 0 Å². The number of benzene rings is 1. The third-order valence-corrected chi connectivity index (χ3v) is 3.18. The molecule has 0 aliphatic carbocycles. The van der Waals surface area contributed by atoms with Gasteiger partial charge in [0.1, 0.15) is 5.52 Å². The van der Waals surface area contributed by atoms with E-state index in [1.807, 2.05) is 30.9 Å². The molecule has 2 aromatic heterocycles. The van der Waals surface area contributed by atoms with Gasteiger partial charge in [0.15, 0.2) is 5.58 Å². The minimum absolute atomic E-state index is 0.490. The number of nitrogens with two attached hydrogens (primary N) is 1. The number of hydrogen-bond donors (Lipinski definition) is 2.